The minimum absolute atomic E-state index is 0.00839. The van der Waals surface area contributed by atoms with Crippen LogP contribution in [0.15, 0.2) is 23.3 Å². The fraction of sp³-hybridized carbons (Fsp3) is 0.800. The van der Waals surface area contributed by atoms with Gasteiger partial charge in [-0.3, -0.25) is 9.59 Å². The molecule has 3 heteroatoms. The minimum Gasteiger partial charge on any atom is -0.390 e. The van der Waals surface area contributed by atoms with Gasteiger partial charge in [0.05, 0.1) is 5.60 Å². The van der Waals surface area contributed by atoms with Gasteiger partial charge in [-0.25, -0.2) is 0 Å². The molecular formula is C30H46O3. The normalized spacial score (nSPS) is 43.7. The number of allylic oxidation sites excluding steroid dienone is 4. The van der Waals surface area contributed by atoms with Crippen molar-refractivity contribution >= 4 is 11.6 Å². The van der Waals surface area contributed by atoms with Crippen molar-refractivity contribution in [3.05, 3.63) is 23.3 Å². The summed E-state index contributed by atoms with van der Waals surface area (Å²) in [4.78, 5) is 26.9. The Morgan fingerprint density at radius 1 is 1.09 bits per heavy atom. The molecule has 0 aromatic heterocycles. The number of carbonyl (C=O) groups excluding carboxylic acids is 2. The zero-order chi connectivity index (χ0) is 24.6. The lowest BCUT2D eigenvalue weighted by atomic mass is 9.38. The molecule has 0 saturated heterocycles. The number of carbonyl (C=O) groups is 2. The van der Waals surface area contributed by atoms with Crippen LogP contribution in [0.3, 0.4) is 0 Å². The smallest absolute Gasteiger partial charge is 0.142 e. The van der Waals surface area contributed by atoms with Gasteiger partial charge in [-0.1, -0.05) is 44.1 Å². The quantitative estimate of drug-likeness (QED) is 0.473. The number of Topliss-reactive ketones (excluding diaryl/α,β-unsaturated/α-hetero) is 2. The van der Waals surface area contributed by atoms with Gasteiger partial charge in [0, 0.05) is 23.7 Å². The molecule has 0 spiro atoms. The van der Waals surface area contributed by atoms with Crippen LogP contribution in [0.4, 0.5) is 0 Å². The monoisotopic (exact) mass is 454 g/mol. The summed E-state index contributed by atoms with van der Waals surface area (Å²) >= 11 is 0. The van der Waals surface area contributed by atoms with Crippen LogP contribution >= 0.6 is 0 Å². The largest absolute Gasteiger partial charge is 0.390 e. The first-order valence-corrected chi connectivity index (χ1v) is 13.3. The average Bonchev–Trinajstić information content (AvgIpc) is 2.96. The van der Waals surface area contributed by atoms with Crippen molar-refractivity contribution in [3.8, 4) is 0 Å². The number of hydrogen-bond acceptors (Lipinski definition) is 3. The van der Waals surface area contributed by atoms with Crippen LogP contribution in [0.5, 0.6) is 0 Å². The molecule has 184 valence electrons. The van der Waals surface area contributed by atoms with E-state index in [2.05, 4.69) is 60.6 Å². The lowest BCUT2D eigenvalue weighted by molar-refractivity contribution is -0.178. The van der Waals surface area contributed by atoms with Crippen molar-refractivity contribution in [2.24, 2.45) is 39.4 Å². The molecule has 33 heavy (non-hydrogen) atoms. The Bertz CT molecular complexity index is 917. The number of fused-ring (bicyclic) bond motifs is 5. The van der Waals surface area contributed by atoms with E-state index in [1.165, 1.54) is 11.1 Å². The molecule has 0 unspecified atom stereocenters. The summed E-state index contributed by atoms with van der Waals surface area (Å²) in [5.74, 6) is 1.27. The maximum Gasteiger partial charge on any atom is 0.142 e. The highest BCUT2D eigenvalue weighted by molar-refractivity contribution is 5.92. The fourth-order valence-electron chi connectivity index (χ4n) is 9.10. The summed E-state index contributed by atoms with van der Waals surface area (Å²) in [5.41, 5.74) is 0.686. The van der Waals surface area contributed by atoms with Crippen molar-refractivity contribution in [3.63, 3.8) is 0 Å². The molecule has 0 amide bonds. The third-order valence-electron chi connectivity index (χ3n) is 11.4. The number of rotatable bonds is 4. The Kier molecular flexibility index (Phi) is 5.76. The van der Waals surface area contributed by atoms with Crippen LogP contribution in [-0.4, -0.2) is 22.3 Å². The predicted molar refractivity (Wildman–Crippen MR) is 134 cm³/mol. The van der Waals surface area contributed by atoms with Crippen molar-refractivity contribution in [1.82, 2.24) is 0 Å². The van der Waals surface area contributed by atoms with Gasteiger partial charge in [-0.15, -0.1) is 0 Å². The summed E-state index contributed by atoms with van der Waals surface area (Å²) in [6.45, 7) is 17.3. The fourth-order valence-corrected chi connectivity index (χ4v) is 9.10. The van der Waals surface area contributed by atoms with E-state index in [0.29, 0.717) is 24.4 Å². The molecule has 4 aliphatic carbocycles. The molecule has 0 bridgehead atoms. The van der Waals surface area contributed by atoms with E-state index in [0.717, 1.165) is 38.5 Å². The zero-order valence-corrected chi connectivity index (χ0v) is 22.3. The molecule has 0 radical (unpaired) electrons. The van der Waals surface area contributed by atoms with E-state index in [1.54, 1.807) is 0 Å². The summed E-state index contributed by atoms with van der Waals surface area (Å²) < 4.78 is 0. The summed E-state index contributed by atoms with van der Waals surface area (Å²) in [5, 5.41) is 11.7. The highest BCUT2D eigenvalue weighted by Crippen LogP contribution is 2.74. The lowest BCUT2D eigenvalue weighted by Crippen LogP contribution is -2.63. The Morgan fingerprint density at radius 3 is 2.39 bits per heavy atom. The highest BCUT2D eigenvalue weighted by Gasteiger charge is 2.71. The zero-order valence-electron chi connectivity index (χ0n) is 22.3. The highest BCUT2D eigenvalue weighted by atomic mass is 16.3. The van der Waals surface area contributed by atoms with E-state index in [9.17, 15) is 14.7 Å². The van der Waals surface area contributed by atoms with Crippen LogP contribution in [0.1, 0.15) is 107 Å². The molecule has 3 nitrogen and oxygen atoms in total. The molecule has 3 saturated carbocycles. The topological polar surface area (TPSA) is 54.4 Å². The maximum absolute atomic E-state index is 14.2. The van der Waals surface area contributed by atoms with E-state index in [1.807, 2.05) is 6.92 Å². The Labute approximate surface area is 201 Å². The molecule has 4 aliphatic rings. The first-order valence-electron chi connectivity index (χ1n) is 13.3. The second kappa shape index (κ2) is 7.64. The van der Waals surface area contributed by atoms with Gasteiger partial charge in [-0.2, -0.15) is 0 Å². The van der Waals surface area contributed by atoms with Crippen molar-refractivity contribution in [2.75, 3.05) is 0 Å². The van der Waals surface area contributed by atoms with E-state index < -0.39 is 16.4 Å². The first kappa shape index (κ1) is 24.9. The molecule has 0 aromatic rings. The first-order chi connectivity index (χ1) is 15.1. The van der Waals surface area contributed by atoms with E-state index >= 15 is 0 Å². The van der Waals surface area contributed by atoms with E-state index in [4.69, 9.17) is 0 Å². The predicted octanol–water partition coefficient (Wildman–Crippen LogP) is 6.84. The molecule has 7 atom stereocenters. The van der Waals surface area contributed by atoms with Gasteiger partial charge in [0.15, 0.2) is 0 Å². The van der Waals surface area contributed by atoms with E-state index in [-0.39, 0.29) is 28.6 Å². The van der Waals surface area contributed by atoms with Gasteiger partial charge >= 0.3 is 0 Å². The van der Waals surface area contributed by atoms with Gasteiger partial charge in [0.2, 0.25) is 0 Å². The Balaban J connectivity index is 1.72. The average molecular weight is 455 g/mol. The molecule has 4 rings (SSSR count). The number of aliphatic hydroxyl groups is 1. The summed E-state index contributed by atoms with van der Waals surface area (Å²) in [6.07, 6.45) is 11.1. The van der Waals surface area contributed by atoms with Gasteiger partial charge < -0.3 is 5.11 Å². The summed E-state index contributed by atoms with van der Waals surface area (Å²) in [7, 11) is 0. The van der Waals surface area contributed by atoms with Crippen molar-refractivity contribution < 1.29 is 14.7 Å². The van der Waals surface area contributed by atoms with Crippen LogP contribution in [0.25, 0.3) is 0 Å². The molecule has 0 heterocycles. The molecule has 0 aromatic carbocycles. The second-order valence-corrected chi connectivity index (χ2v) is 13.6. The van der Waals surface area contributed by atoms with Crippen LogP contribution in [0, 0.1) is 39.4 Å². The molecular weight excluding hydrogens is 408 g/mol. The number of hydrogen-bond donors (Lipinski definition) is 1. The Hall–Kier alpha value is -1.22. The Morgan fingerprint density at radius 2 is 1.76 bits per heavy atom. The molecule has 0 aliphatic heterocycles. The van der Waals surface area contributed by atoms with Crippen LogP contribution in [0.2, 0.25) is 0 Å². The lowest BCUT2D eigenvalue weighted by Gasteiger charge is -2.64. The van der Waals surface area contributed by atoms with Crippen LogP contribution in [-0.2, 0) is 9.59 Å². The number of ketones is 2. The molecule has 1 N–H and O–H groups in total. The van der Waals surface area contributed by atoms with Gasteiger partial charge in [0.1, 0.15) is 11.6 Å². The standard InChI is InChI=1S/C30H46O3/c1-19(2)10-9-16-29(7,33)22-15-17-27(5)23-13-11-20-21(12-14-24(31)26(20,3)4)30(23,8)25(32)18-28(22,27)6/h10-11,21-23,33H,9,12-18H2,1-8H3/t21-,22+,23+,27+,28-,29+,30+/m1/s1. The molecule has 3 fully saturated rings. The second-order valence-electron chi connectivity index (χ2n) is 13.6. The third-order valence-corrected chi connectivity index (χ3v) is 11.4. The van der Waals surface area contributed by atoms with Gasteiger partial charge in [0.25, 0.3) is 0 Å². The summed E-state index contributed by atoms with van der Waals surface area (Å²) in [6, 6.07) is 0. The van der Waals surface area contributed by atoms with Crippen molar-refractivity contribution in [1.29, 1.82) is 0 Å². The minimum atomic E-state index is -0.776. The SMILES string of the molecule is CC(C)=CCC[C@](C)(O)[C@H]1CC[C@@]2(C)[C@@H]3CC=C4[C@@H](CCC(=O)C4(C)C)[C@]3(C)C(=O)C[C@]12C. The van der Waals surface area contributed by atoms with Crippen molar-refractivity contribution in [2.45, 2.75) is 112 Å². The van der Waals surface area contributed by atoms with Crippen LogP contribution < -0.4 is 0 Å². The van der Waals surface area contributed by atoms with Gasteiger partial charge in [-0.05, 0) is 102 Å². The third kappa shape index (κ3) is 3.31. The maximum atomic E-state index is 14.2.